The van der Waals surface area contributed by atoms with E-state index in [1.165, 1.54) is 0 Å². The number of fused-ring (bicyclic) bond motifs is 1. The molecule has 1 aromatic carbocycles. The first-order valence-electron chi connectivity index (χ1n) is 6.94. The van der Waals surface area contributed by atoms with Crippen LogP contribution in [0.2, 0.25) is 0 Å². The van der Waals surface area contributed by atoms with E-state index in [0.717, 1.165) is 35.5 Å². The standard InChI is InChI=1S/C15H20N4O/c1-3-9-16-14(20)8-10-17-15-11(2)18-12-6-4-5-7-13(12)19-15/h4-7H,3,8-10H2,1-2H3,(H,16,20)(H,17,19). The second kappa shape index (κ2) is 6.84. The zero-order chi connectivity index (χ0) is 14.4. The minimum Gasteiger partial charge on any atom is -0.368 e. The molecule has 0 bridgehead atoms. The molecule has 0 fully saturated rings. The molecule has 1 amide bonds. The third-order valence-electron chi connectivity index (χ3n) is 2.96. The van der Waals surface area contributed by atoms with Crippen molar-refractivity contribution in [2.75, 3.05) is 18.4 Å². The Balaban J connectivity index is 1.96. The van der Waals surface area contributed by atoms with Gasteiger partial charge in [-0.3, -0.25) is 4.79 Å². The van der Waals surface area contributed by atoms with E-state index in [1.54, 1.807) is 0 Å². The van der Waals surface area contributed by atoms with Crippen LogP contribution in [-0.2, 0) is 4.79 Å². The first-order chi connectivity index (χ1) is 9.70. The summed E-state index contributed by atoms with van der Waals surface area (Å²) in [6, 6.07) is 7.76. The van der Waals surface area contributed by atoms with E-state index in [4.69, 9.17) is 0 Å². The molecule has 5 nitrogen and oxygen atoms in total. The Morgan fingerprint density at radius 2 is 1.85 bits per heavy atom. The van der Waals surface area contributed by atoms with Gasteiger partial charge in [0.1, 0.15) is 5.82 Å². The lowest BCUT2D eigenvalue weighted by Crippen LogP contribution is -2.26. The number of amides is 1. The zero-order valence-electron chi connectivity index (χ0n) is 11.9. The first kappa shape index (κ1) is 14.2. The predicted octanol–water partition coefficient (Wildman–Crippen LogP) is 2.27. The van der Waals surface area contributed by atoms with Crippen molar-refractivity contribution in [1.29, 1.82) is 0 Å². The third kappa shape index (κ3) is 3.66. The van der Waals surface area contributed by atoms with Crippen molar-refractivity contribution in [1.82, 2.24) is 15.3 Å². The highest BCUT2D eigenvalue weighted by molar-refractivity contribution is 5.77. The Morgan fingerprint density at radius 3 is 2.55 bits per heavy atom. The molecule has 0 aliphatic heterocycles. The lowest BCUT2D eigenvalue weighted by molar-refractivity contribution is -0.120. The quantitative estimate of drug-likeness (QED) is 0.846. The molecule has 0 saturated heterocycles. The Labute approximate surface area is 118 Å². The highest BCUT2D eigenvalue weighted by atomic mass is 16.1. The normalized spacial score (nSPS) is 10.5. The number of rotatable bonds is 6. The highest BCUT2D eigenvalue weighted by Crippen LogP contribution is 2.15. The summed E-state index contributed by atoms with van der Waals surface area (Å²) < 4.78 is 0. The summed E-state index contributed by atoms with van der Waals surface area (Å²) in [7, 11) is 0. The van der Waals surface area contributed by atoms with E-state index >= 15 is 0 Å². The number of nitrogens with zero attached hydrogens (tertiary/aromatic N) is 2. The maximum absolute atomic E-state index is 11.5. The van der Waals surface area contributed by atoms with Gasteiger partial charge in [0.15, 0.2) is 0 Å². The molecule has 2 aromatic rings. The van der Waals surface area contributed by atoms with Crippen LogP contribution in [0.5, 0.6) is 0 Å². The van der Waals surface area contributed by atoms with E-state index in [1.807, 2.05) is 38.1 Å². The van der Waals surface area contributed by atoms with E-state index in [9.17, 15) is 4.79 Å². The number of hydrogen-bond acceptors (Lipinski definition) is 4. The minimum absolute atomic E-state index is 0.0609. The molecular formula is C15H20N4O. The molecule has 5 heteroatoms. The molecule has 1 aromatic heterocycles. The summed E-state index contributed by atoms with van der Waals surface area (Å²) >= 11 is 0. The summed E-state index contributed by atoms with van der Waals surface area (Å²) in [6.07, 6.45) is 1.39. The van der Waals surface area contributed by atoms with Crippen LogP contribution in [0.15, 0.2) is 24.3 Å². The SMILES string of the molecule is CCCNC(=O)CCNc1nc2ccccc2nc1C. The number of hydrogen-bond donors (Lipinski definition) is 2. The summed E-state index contributed by atoms with van der Waals surface area (Å²) in [6.45, 7) is 5.24. The van der Waals surface area contributed by atoms with Gasteiger partial charge in [-0.15, -0.1) is 0 Å². The van der Waals surface area contributed by atoms with Gasteiger partial charge in [-0.25, -0.2) is 9.97 Å². The van der Waals surface area contributed by atoms with Crippen molar-refractivity contribution in [3.05, 3.63) is 30.0 Å². The first-order valence-corrected chi connectivity index (χ1v) is 6.94. The van der Waals surface area contributed by atoms with Crippen LogP contribution in [0.4, 0.5) is 5.82 Å². The van der Waals surface area contributed by atoms with Crippen LogP contribution >= 0.6 is 0 Å². The van der Waals surface area contributed by atoms with E-state index in [2.05, 4.69) is 20.6 Å². The van der Waals surface area contributed by atoms with Gasteiger partial charge in [0.05, 0.1) is 16.7 Å². The Hall–Kier alpha value is -2.17. The van der Waals surface area contributed by atoms with Crippen LogP contribution < -0.4 is 10.6 Å². The van der Waals surface area contributed by atoms with Gasteiger partial charge in [0.25, 0.3) is 0 Å². The van der Waals surface area contributed by atoms with Gasteiger partial charge in [-0.2, -0.15) is 0 Å². The van der Waals surface area contributed by atoms with Gasteiger partial charge in [0.2, 0.25) is 5.91 Å². The largest absolute Gasteiger partial charge is 0.368 e. The molecule has 0 aliphatic rings. The van der Waals surface area contributed by atoms with Crippen LogP contribution in [0, 0.1) is 6.92 Å². The molecule has 0 saturated carbocycles. The Bertz CT molecular complexity index is 597. The topological polar surface area (TPSA) is 66.9 Å². The number of anilines is 1. The number of benzene rings is 1. The second-order valence-electron chi connectivity index (χ2n) is 4.67. The maximum atomic E-state index is 11.5. The number of aryl methyl sites for hydroxylation is 1. The summed E-state index contributed by atoms with van der Waals surface area (Å²) in [4.78, 5) is 20.5. The molecule has 0 radical (unpaired) electrons. The minimum atomic E-state index is 0.0609. The highest BCUT2D eigenvalue weighted by Gasteiger charge is 2.05. The molecule has 0 atom stereocenters. The molecule has 1 heterocycles. The molecule has 0 spiro atoms. The van der Waals surface area contributed by atoms with Gasteiger partial charge in [-0.05, 0) is 25.5 Å². The van der Waals surface area contributed by atoms with Crippen molar-refractivity contribution in [2.24, 2.45) is 0 Å². The molecular weight excluding hydrogens is 252 g/mol. The fourth-order valence-electron chi connectivity index (χ4n) is 1.90. The van der Waals surface area contributed by atoms with Crippen molar-refractivity contribution in [2.45, 2.75) is 26.7 Å². The van der Waals surface area contributed by atoms with Crippen LogP contribution in [-0.4, -0.2) is 29.0 Å². The van der Waals surface area contributed by atoms with Gasteiger partial charge < -0.3 is 10.6 Å². The van der Waals surface area contributed by atoms with Crippen molar-refractivity contribution in [3.8, 4) is 0 Å². The zero-order valence-corrected chi connectivity index (χ0v) is 11.9. The summed E-state index contributed by atoms with van der Waals surface area (Å²) in [5.74, 6) is 0.803. The molecule has 20 heavy (non-hydrogen) atoms. The Kier molecular flexibility index (Phi) is 4.87. The average molecular weight is 272 g/mol. The number of nitrogens with one attached hydrogen (secondary N) is 2. The fourth-order valence-corrected chi connectivity index (χ4v) is 1.90. The van der Waals surface area contributed by atoms with E-state index in [-0.39, 0.29) is 5.91 Å². The molecule has 106 valence electrons. The van der Waals surface area contributed by atoms with E-state index in [0.29, 0.717) is 13.0 Å². The van der Waals surface area contributed by atoms with Crippen LogP contribution in [0.1, 0.15) is 25.5 Å². The molecule has 2 N–H and O–H groups in total. The smallest absolute Gasteiger partial charge is 0.221 e. The third-order valence-corrected chi connectivity index (χ3v) is 2.96. The molecule has 2 rings (SSSR count). The van der Waals surface area contributed by atoms with Crippen molar-refractivity contribution in [3.63, 3.8) is 0 Å². The van der Waals surface area contributed by atoms with Crippen LogP contribution in [0.3, 0.4) is 0 Å². The number of carbonyl (C=O) groups is 1. The van der Waals surface area contributed by atoms with Crippen molar-refractivity contribution >= 4 is 22.8 Å². The average Bonchev–Trinajstić information content (AvgIpc) is 2.45. The number of para-hydroxylation sites is 2. The number of aromatic nitrogens is 2. The van der Waals surface area contributed by atoms with Crippen LogP contribution in [0.25, 0.3) is 11.0 Å². The van der Waals surface area contributed by atoms with E-state index < -0.39 is 0 Å². The van der Waals surface area contributed by atoms with Gasteiger partial charge in [0, 0.05) is 19.5 Å². The van der Waals surface area contributed by atoms with Gasteiger partial charge in [-0.1, -0.05) is 19.1 Å². The van der Waals surface area contributed by atoms with Gasteiger partial charge >= 0.3 is 0 Å². The molecule has 0 unspecified atom stereocenters. The lowest BCUT2D eigenvalue weighted by Gasteiger charge is -2.09. The predicted molar refractivity (Wildman–Crippen MR) is 80.7 cm³/mol. The second-order valence-corrected chi connectivity index (χ2v) is 4.67. The number of carbonyl (C=O) groups excluding carboxylic acids is 1. The van der Waals surface area contributed by atoms with Crippen molar-refractivity contribution < 1.29 is 4.79 Å². The fraction of sp³-hybridized carbons (Fsp3) is 0.400. The lowest BCUT2D eigenvalue weighted by atomic mass is 10.3. The summed E-state index contributed by atoms with van der Waals surface area (Å²) in [5.41, 5.74) is 2.59. The summed E-state index contributed by atoms with van der Waals surface area (Å²) in [5, 5.41) is 6.03. The Morgan fingerprint density at radius 1 is 1.15 bits per heavy atom. The monoisotopic (exact) mass is 272 g/mol. The maximum Gasteiger partial charge on any atom is 0.221 e. The molecule has 0 aliphatic carbocycles.